The molecule has 138 valence electrons. The van der Waals surface area contributed by atoms with Crippen molar-refractivity contribution in [1.29, 1.82) is 0 Å². The van der Waals surface area contributed by atoms with E-state index < -0.39 is 0 Å². The summed E-state index contributed by atoms with van der Waals surface area (Å²) in [6.07, 6.45) is 2.18. The SMILES string of the molecule is CCCN(CCC)C(=O)CCN(C(C)=O)c1ccc2c(c1)OCCO2. The van der Waals surface area contributed by atoms with Crippen molar-refractivity contribution in [1.82, 2.24) is 4.90 Å². The Labute approximate surface area is 149 Å². The van der Waals surface area contributed by atoms with Gasteiger partial charge in [0.2, 0.25) is 11.8 Å². The zero-order valence-corrected chi connectivity index (χ0v) is 15.4. The normalized spacial score (nSPS) is 12.6. The molecule has 6 nitrogen and oxygen atoms in total. The van der Waals surface area contributed by atoms with Crippen LogP contribution in [0.4, 0.5) is 5.69 Å². The largest absolute Gasteiger partial charge is 0.486 e. The quantitative estimate of drug-likeness (QED) is 0.725. The molecular weight excluding hydrogens is 320 g/mol. The van der Waals surface area contributed by atoms with Crippen LogP contribution in [-0.4, -0.2) is 49.6 Å². The van der Waals surface area contributed by atoms with Crippen LogP contribution >= 0.6 is 0 Å². The number of benzene rings is 1. The summed E-state index contributed by atoms with van der Waals surface area (Å²) in [5.41, 5.74) is 0.724. The van der Waals surface area contributed by atoms with Crippen molar-refractivity contribution < 1.29 is 19.1 Å². The molecule has 0 unspecified atom stereocenters. The van der Waals surface area contributed by atoms with Gasteiger partial charge >= 0.3 is 0 Å². The molecule has 2 rings (SSSR count). The van der Waals surface area contributed by atoms with Crippen molar-refractivity contribution in [2.75, 3.05) is 37.7 Å². The molecule has 1 aromatic rings. The molecule has 0 atom stereocenters. The molecule has 1 aliphatic heterocycles. The van der Waals surface area contributed by atoms with Crippen molar-refractivity contribution >= 4 is 17.5 Å². The molecule has 0 spiro atoms. The van der Waals surface area contributed by atoms with Gasteiger partial charge in [-0.15, -0.1) is 0 Å². The summed E-state index contributed by atoms with van der Waals surface area (Å²) >= 11 is 0. The molecular formula is C19H28N2O4. The fourth-order valence-corrected chi connectivity index (χ4v) is 2.93. The molecule has 0 saturated carbocycles. The summed E-state index contributed by atoms with van der Waals surface area (Å²) in [5.74, 6) is 1.32. The van der Waals surface area contributed by atoms with Gasteiger partial charge in [0.05, 0.1) is 0 Å². The van der Waals surface area contributed by atoms with E-state index in [0.717, 1.165) is 31.6 Å². The third kappa shape index (κ3) is 5.11. The van der Waals surface area contributed by atoms with Gasteiger partial charge in [-0.05, 0) is 25.0 Å². The van der Waals surface area contributed by atoms with Crippen molar-refractivity contribution in [2.24, 2.45) is 0 Å². The first kappa shape index (κ1) is 19.1. The molecule has 1 heterocycles. The second kappa shape index (κ2) is 9.30. The Morgan fingerprint density at radius 3 is 2.24 bits per heavy atom. The van der Waals surface area contributed by atoms with E-state index >= 15 is 0 Å². The minimum Gasteiger partial charge on any atom is -0.486 e. The highest BCUT2D eigenvalue weighted by molar-refractivity contribution is 5.92. The molecule has 0 fully saturated rings. The summed E-state index contributed by atoms with van der Waals surface area (Å²) < 4.78 is 11.1. The first-order valence-electron chi connectivity index (χ1n) is 9.02. The summed E-state index contributed by atoms with van der Waals surface area (Å²) in [6.45, 7) is 8.54. The molecule has 1 aromatic carbocycles. The smallest absolute Gasteiger partial charge is 0.224 e. The molecule has 0 saturated heterocycles. The van der Waals surface area contributed by atoms with Gasteiger partial charge in [0, 0.05) is 44.7 Å². The van der Waals surface area contributed by atoms with Gasteiger partial charge in [-0.2, -0.15) is 0 Å². The standard InChI is InChI=1S/C19H28N2O4/c1-4-9-20(10-5-2)19(23)8-11-21(15(3)22)16-6-7-17-18(14-16)25-13-12-24-17/h6-7,14H,4-5,8-13H2,1-3H3. The maximum atomic E-state index is 12.5. The molecule has 0 bridgehead atoms. The van der Waals surface area contributed by atoms with Crippen LogP contribution in [0.2, 0.25) is 0 Å². The Kier molecular flexibility index (Phi) is 7.10. The van der Waals surface area contributed by atoms with E-state index in [1.54, 1.807) is 11.0 Å². The van der Waals surface area contributed by atoms with Gasteiger partial charge in [-0.25, -0.2) is 0 Å². The van der Waals surface area contributed by atoms with Crippen LogP contribution in [0, 0.1) is 0 Å². The number of ether oxygens (including phenoxy) is 2. The van der Waals surface area contributed by atoms with Crippen molar-refractivity contribution in [3.8, 4) is 11.5 Å². The zero-order valence-electron chi connectivity index (χ0n) is 15.4. The number of rotatable bonds is 8. The maximum Gasteiger partial charge on any atom is 0.224 e. The lowest BCUT2D eigenvalue weighted by Crippen LogP contribution is -2.37. The van der Waals surface area contributed by atoms with Gasteiger partial charge in [0.15, 0.2) is 11.5 Å². The first-order chi connectivity index (χ1) is 12.1. The fourth-order valence-electron chi connectivity index (χ4n) is 2.93. The second-order valence-electron chi connectivity index (χ2n) is 6.13. The Hall–Kier alpha value is -2.24. The third-order valence-electron chi connectivity index (χ3n) is 4.11. The summed E-state index contributed by atoms with van der Waals surface area (Å²) in [5, 5.41) is 0. The molecule has 6 heteroatoms. The van der Waals surface area contributed by atoms with Crippen LogP contribution in [0.5, 0.6) is 11.5 Å². The number of anilines is 1. The van der Waals surface area contributed by atoms with Crippen LogP contribution in [0.1, 0.15) is 40.0 Å². The van der Waals surface area contributed by atoms with E-state index in [2.05, 4.69) is 13.8 Å². The number of hydrogen-bond acceptors (Lipinski definition) is 4. The van der Waals surface area contributed by atoms with E-state index in [9.17, 15) is 9.59 Å². The molecule has 2 amide bonds. The number of carbonyl (C=O) groups is 2. The Bertz CT molecular complexity index is 597. The molecule has 1 aliphatic rings. The Balaban J connectivity index is 2.06. The highest BCUT2D eigenvalue weighted by Crippen LogP contribution is 2.34. The lowest BCUT2D eigenvalue weighted by Gasteiger charge is -2.26. The zero-order chi connectivity index (χ0) is 18.2. The molecule has 0 N–H and O–H groups in total. The van der Waals surface area contributed by atoms with E-state index in [4.69, 9.17) is 9.47 Å². The highest BCUT2D eigenvalue weighted by Gasteiger charge is 2.19. The van der Waals surface area contributed by atoms with E-state index in [-0.39, 0.29) is 11.8 Å². The van der Waals surface area contributed by atoms with Crippen molar-refractivity contribution in [3.05, 3.63) is 18.2 Å². The summed E-state index contributed by atoms with van der Waals surface area (Å²) in [7, 11) is 0. The predicted molar refractivity (Wildman–Crippen MR) is 97.2 cm³/mol. The van der Waals surface area contributed by atoms with Crippen LogP contribution < -0.4 is 14.4 Å². The van der Waals surface area contributed by atoms with Crippen LogP contribution in [0.3, 0.4) is 0 Å². The molecule has 25 heavy (non-hydrogen) atoms. The van der Waals surface area contributed by atoms with Crippen molar-refractivity contribution in [3.63, 3.8) is 0 Å². The second-order valence-corrected chi connectivity index (χ2v) is 6.13. The van der Waals surface area contributed by atoms with Crippen LogP contribution in [0.15, 0.2) is 18.2 Å². The average molecular weight is 348 g/mol. The van der Waals surface area contributed by atoms with Gasteiger partial charge in [0.1, 0.15) is 13.2 Å². The van der Waals surface area contributed by atoms with Gasteiger partial charge in [-0.3, -0.25) is 9.59 Å². The van der Waals surface area contributed by atoms with E-state index in [1.807, 2.05) is 17.0 Å². The number of hydrogen-bond donors (Lipinski definition) is 0. The lowest BCUT2D eigenvalue weighted by molar-refractivity contribution is -0.131. The van der Waals surface area contributed by atoms with Crippen LogP contribution in [0.25, 0.3) is 0 Å². The van der Waals surface area contributed by atoms with Gasteiger partial charge < -0.3 is 19.3 Å². The van der Waals surface area contributed by atoms with E-state index in [0.29, 0.717) is 37.7 Å². The monoisotopic (exact) mass is 348 g/mol. The Morgan fingerprint density at radius 2 is 1.64 bits per heavy atom. The third-order valence-corrected chi connectivity index (χ3v) is 4.11. The first-order valence-corrected chi connectivity index (χ1v) is 9.02. The van der Waals surface area contributed by atoms with Crippen LogP contribution in [-0.2, 0) is 9.59 Å². The predicted octanol–water partition coefficient (Wildman–Crippen LogP) is 2.85. The van der Waals surface area contributed by atoms with Gasteiger partial charge in [-0.1, -0.05) is 13.8 Å². The molecule has 0 aromatic heterocycles. The minimum absolute atomic E-state index is 0.0903. The van der Waals surface area contributed by atoms with Gasteiger partial charge in [0.25, 0.3) is 0 Å². The Morgan fingerprint density at radius 1 is 1.00 bits per heavy atom. The molecule has 0 radical (unpaired) electrons. The number of carbonyl (C=O) groups excluding carboxylic acids is 2. The summed E-state index contributed by atoms with van der Waals surface area (Å²) in [6, 6.07) is 5.44. The average Bonchev–Trinajstić information content (AvgIpc) is 2.61. The minimum atomic E-state index is -0.0954. The number of nitrogens with zero attached hydrogens (tertiary/aromatic N) is 2. The van der Waals surface area contributed by atoms with Crippen molar-refractivity contribution in [2.45, 2.75) is 40.0 Å². The number of amides is 2. The summed E-state index contributed by atoms with van der Waals surface area (Å²) in [4.78, 5) is 28.0. The highest BCUT2D eigenvalue weighted by atomic mass is 16.6. The number of fused-ring (bicyclic) bond motifs is 1. The van der Waals surface area contributed by atoms with E-state index in [1.165, 1.54) is 6.92 Å². The molecule has 0 aliphatic carbocycles. The fraction of sp³-hybridized carbons (Fsp3) is 0.579. The topological polar surface area (TPSA) is 59.1 Å². The lowest BCUT2D eigenvalue weighted by atomic mass is 10.2. The maximum absolute atomic E-state index is 12.5.